The highest BCUT2D eigenvalue weighted by Crippen LogP contribution is 2.46. The van der Waals surface area contributed by atoms with E-state index < -0.39 is 0 Å². The van der Waals surface area contributed by atoms with Crippen LogP contribution in [0.3, 0.4) is 0 Å². The third kappa shape index (κ3) is 1.89. The molecule has 1 aromatic carbocycles. The molecule has 2 N–H and O–H groups in total. The zero-order valence-corrected chi connectivity index (χ0v) is 10.9. The average Bonchev–Trinajstić information content (AvgIpc) is 2.33. The van der Waals surface area contributed by atoms with Gasteiger partial charge < -0.3 is 15.2 Å². The van der Waals surface area contributed by atoms with Gasteiger partial charge in [0.05, 0.1) is 14.2 Å². The molecule has 0 aliphatic heterocycles. The molecule has 0 amide bonds. The fourth-order valence-electron chi connectivity index (χ4n) is 2.67. The molecule has 3 nitrogen and oxygen atoms in total. The minimum Gasteiger partial charge on any atom is -0.496 e. The summed E-state index contributed by atoms with van der Waals surface area (Å²) in [5.74, 6) is 1.81. The molecular weight excluding hydrogens is 214 g/mol. The standard InChI is InChI=1S/C14H21NO2/c1-4-10-11(16-2)6-7-12(17-3)13(10)14(15)8-5-9-14/h6-7H,4-5,8-9,15H2,1-3H3. The lowest BCUT2D eigenvalue weighted by molar-refractivity contribution is 0.240. The molecule has 94 valence electrons. The second-order valence-corrected chi connectivity index (χ2v) is 4.69. The van der Waals surface area contributed by atoms with Gasteiger partial charge in [0.15, 0.2) is 0 Å². The van der Waals surface area contributed by atoms with Gasteiger partial charge in [-0.1, -0.05) is 6.92 Å². The van der Waals surface area contributed by atoms with E-state index in [1.165, 1.54) is 12.0 Å². The van der Waals surface area contributed by atoms with Gasteiger partial charge in [0.2, 0.25) is 0 Å². The normalized spacial score (nSPS) is 17.4. The van der Waals surface area contributed by atoms with E-state index in [2.05, 4.69) is 6.92 Å². The van der Waals surface area contributed by atoms with Crippen LogP contribution in [0.5, 0.6) is 11.5 Å². The van der Waals surface area contributed by atoms with Crippen molar-refractivity contribution in [1.82, 2.24) is 0 Å². The van der Waals surface area contributed by atoms with Crippen LogP contribution < -0.4 is 15.2 Å². The van der Waals surface area contributed by atoms with E-state index in [4.69, 9.17) is 15.2 Å². The first-order chi connectivity index (χ1) is 8.16. The minimum atomic E-state index is -0.217. The zero-order valence-electron chi connectivity index (χ0n) is 10.9. The summed E-state index contributed by atoms with van der Waals surface area (Å²) in [5, 5.41) is 0. The van der Waals surface area contributed by atoms with Crippen molar-refractivity contribution < 1.29 is 9.47 Å². The summed E-state index contributed by atoms with van der Waals surface area (Å²) < 4.78 is 10.9. The molecule has 1 saturated carbocycles. The van der Waals surface area contributed by atoms with Crippen LogP contribution in [0.2, 0.25) is 0 Å². The van der Waals surface area contributed by atoms with Gasteiger partial charge in [-0.25, -0.2) is 0 Å². The maximum Gasteiger partial charge on any atom is 0.124 e. The van der Waals surface area contributed by atoms with Gasteiger partial charge >= 0.3 is 0 Å². The maximum atomic E-state index is 6.46. The first-order valence-electron chi connectivity index (χ1n) is 6.19. The summed E-state index contributed by atoms with van der Waals surface area (Å²) in [6.45, 7) is 2.13. The summed E-state index contributed by atoms with van der Waals surface area (Å²) in [4.78, 5) is 0. The van der Waals surface area contributed by atoms with Crippen LogP contribution in [0.25, 0.3) is 0 Å². The largest absolute Gasteiger partial charge is 0.496 e. The van der Waals surface area contributed by atoms with Gasteiger partial charge in [-0.15, -0.1) is 0 Å². The number of ether oxygens (including phenoxy) is 2. The average molecular weight is 235 g/mol. The molecular formula is C14H21NO2. The Morgan fingerprint density at radius 3 is 2.18 bits per heavy atom. The first-order valence-corrected chi connectivity index (χ1v) is 6.19. The summed E-state index contributed by atoms with van der Waals surface area (Å²) in [7, 11) is 3.40. The Morgan fingerprint density at radius 1 is 1.18 bits per heavy atom. The molecule has 1 fully saturated rings. The molecule has 17 heavy (non-hydrogen) atoms. The van der Waals surface area contributed by atoms with E-state index in [-0.39, 0.29) is 5.54 Å². The predicted molar refractivity (Wildman–Crippen MR) is 68.6 cm³/mol. The van der Waals surface area contributed by atoms with Crippen LogP contribution in [0.15, 0.2) is 12.1 Å². The topological polar surface area (TPSA) is 44.5 Å². The fourth-order valence-corrected chi connectivity index (χ4v) is 2.67. The van der Waals surface area contributed by atoms with Crippen molar-refractivity contribution in [2.75, 3.05) is 14.2 Å². The number of rotatable bonds is 4. The van der Waals surface area contributed by atoms with Gasteiger partial charge in [0, 0.05) is 16.7 Å². The maximum absolute atomic E-state index is 6.46. The minimum absolute atomic E-state index is 0.217. The summed E-state index contributed by atoms with van der Waals surface area (Å²) >= 11 is 0. The Morgan fingerprint density at radius 2 is 1.76 bits per heavy atom. The molecule has 0 spiro atoms. The molecule has 1 aliphatic rings. The van der Waals surface area contributed by atoms with E-state index in [1.54, 1.807) is 14.2 Å². The molecule has 1 aromatic rings. The zero-order chi connectivity index (χ0) is 12.5. The molecule has 0 bridgehead atoms. The molecule has 0 saturated heterocycles. The van der Waals surface area contributed by atoms with E-state index in [9.17, 15) is 0 Å². The van der Waals surface area contributed by atoms with Crippen LogP contribution >= 0.6 is 0 Å². The number of benzene rings is 1. The molecule has 3 heteroatoms. The quantitative estimate of drug-likeness (QED) is 0.872. The molecule has 2 rings (SSSR count). The molecule has 0 unspecified atom stereocenters. The van der Waals surface area contributed by atoms with Crippen molar-refractivity contribution >= 4 is 0 Å². The Labute approximate surface area is 103 Å². The Balaban J connectivity index is 2.59. The number of nitrogens with two attached hydrogens (primary N) is 1. The van der Waals surface area contributed by atoms with Gasteiger partial charge in [0.1, 0.15) is 11.5 Å². The molecule has 0 atom stereocenters. The van der Waals surface area contributed by atoms with Gasteiger partial charge in [-0.3, -0.25) is 0 Å². The molecule has 0 aromatic heterocycles. The van der Waals surface area contributed by atoms with Gasteiger partial charge in [-0.2, -0.15) is 0 Å². The van der Waals surface area contributed by atoms with Crippen LogP contribution in [0.4, 0.5) is 0 Å². The lowest BCUT2D eigenvalue weighted by Gasteiger charge is -2.41. The summed E-state index contributed by atoms with van der Waals surface area (Å²) in [6, 6.07) is 3.92. The fraction of sp³-hybridized carbons (Fsp3) is 0.571. The lowest BCUT2D eigenvalue weighted by Crippen LogP contribution is -2.44. The van der Waals surface area contributed by atoms with E-state index in [0.717, 1.165) is 36.3 Å². The number of hydrogen-bond acceptors (Lipinski definition) is 3. The van der Waals surface area contributed by atoms with Gasteiger partial charge in [0.25, 0.3) is 0 Å². The van der Waals surface area contributed by atoms with Crippen LogP contribution in [0.1, 0.15) is 37.3 Å². The van der Waals surface area contributed by atoms with Crippen LogP contribution in [0, 0.1) is 0 Å². The second kappa shape index (κ2) is 4.57. The third-order valence-electron chi connectivity index (χ3n) is 3.77. The SMILES string of the molecule is CCc1c(OC)ccc(OC)c1C1(N)CCC1. The molecule has 0 radical (unpaired) electrons. The van der Waals surface area contributed by atoms with Crippen molar-refractivity contribution in [3.8, 4) is 11.5 Å². The third-order valence-corrected chi connectivity index (χ3v) is 3.77. The Hall–Kier alpha value is -1.22. The summed E-state index contributed by atoms with van der Waals surface area (Å²) in [5.41, 5.74) is 8.58. The number of methoxy groups -OCH3 is 2. The van der Waals surface area contributed by atoms with Gasteiger partial charge in [-0.05, 0) is 37.8 Å². The lowest BCUT2D eigenvalue weighted by atomic mass is 9.70. The smallest absolute Gasteiger partial charge is 0.124 e. The second-order valence-electron chi connectivity index (χ2n) is 4.69. The highest BCUT2D eigenvalue weighted by atomic mass is 16.5. The van der Waals surface area contributed by atoms with Crippen LogP contribution in [-0.2, 0) is 12.0 Å². The summed E-state index contributed by atoms with van der Waals surface area (Å²) in [6.07, 6.45) is 4.17. The van der Waals surface area contributed by atoms with Crippen molar-refractivity contribution in [3.05, 3.63) is 23.3 Å². The molecule has 1 aliphatic carbocycles. The predicted octanol–water partition coefficient (Wildman–Crippen LogP) is 2.60. The molecule has 0 heterocycles. The van der Waals surface area contributed by atoms with Crippen molar-refractivity contribution in [2.45, 2.75) is 38.1 Å². The highest BCUT2D eigenvalue weighted by Gasteiger charge is 2.39. The Kier molecular flexibility index (Phi) is 3.29. The van der Waals surface area contributed by atoms with Crippen molar-refractivity contribution in [3.63, 3.8) is 0 Å². The number of hydrogen-bond donors (Lipinski definition) is 1. The first kappa shape index (κ1) is 12.2. The Bertz CT molecular complexity index is 411. The van der Waals surface area contributed by atoms with Crippen molar-refractivity contribution in [1.29, 1.82) is 0 Å². The van der Waals surface area contributed by atoms with E-state index >= 15 is 0 Å². The monoisotopic (exact) mass is 235 g/mol. The van der Waals surface area contributed by atoms with Crippen LogP contribution in [-0.4, -0.2) is 14.2 Å². The van der Waals surface area contributed by atoms with E-state index in [1.807, 2.05) is 12.1 Å². The highest BCUT2D eigenvalue weighted by molar-refractivity contribution is 5.53. The van der Waals surface area contributed by atoms with Crippen molar-refractivity contribution in [2.24, 2.45) is 5.73 Å². The van der Waals surface area contributed by atoms with E-state index in [0.29, 0.717) is 0 Å².